The summed E-state index contributed by atoms with van der Waals surface area (Å²) in [6, 6.07) is 0. The molecule has 0 amide bonds. The number of nitrogens with zero attached hydrogens (tertiary/aromatic N) is 4. The number of imidazole rings is 1. The Hall–Kier alpha value is -1.88. The van der Waals surface area contributed by atoms with Crippen molar-refractivity contribution in [2.75, 3.05) is 33.7 Å². The molecule has 1 fully saturated rings. The van der Waals surface area contributed by atoms with Crippen molar-refractivity contribution in [3.8, 4) is 0 Å². The van der Waals surface area contributed by atoms with Crippen molar-refractivity contribution in [3.63, 3.8) is 0 Å². The molecule has 126 valence electrons. The highest BCUT2D eigenvalue weighted by atomic mass is 19.1. The quantitative estimate of drug-likeness (QED) is 0.772. The van der Waals surface area contributed by atoms with Crippen molar-refractivity contribution in [1.29, 1.82) is 0 Å². The van der Waals surface area contributed by atoms with E-state index in [-0.39, 0.29) is 23.7 Å². The number of nitrogens with two attached hydrogens (primary N) is 1. The number of halogens is 1. The number of nitrogen functional groups attached to an aromatic ring is 1. The van der Waals surface area contributed by atoms with E-state index in [0.717, 1.165) is 0 Å². The van der Waals surface area contributed by atoms with E-state index >= 15 is 0 Å². The maximum absolute atomic E-state index is 13.5. The third kappa shape index (κ3) is 2.63. The highest BCUT2D eigenvalue weighted by Crippen LogP contribution is 2.35. The molecule has 3 heterocycles. The van der Waals surface area contributed by atoms with E-state index < -0.39 is 18.4 Å². The first-order chi connectivity index (χ1) is 11.1. The number of methoxy groups -OCH3 is 3. The molecule has 2 aromatic rings. The Labute approximate surface area is 131 Å². The molecule has 0 saturated carbocycles. The Kier molecular flexibility index (Phi) is 4.39. The summed E-state index contributed by atoms with van der Waals surface area (Å²) >= 11 is 0. The van der Waals surface area contributed by atoms with Gasteiger partial charge in [-0.25, -0.2) is 4.98 Å². The van der Waals surface area contributed by atoms with Gasteiger partial charge >= 0.3 is 6.08 Å². The number of hydrogen-bond donors (Lipinski definition) is 1. The highest BCUT2D eigenvalue weighted by molar-refractivity contribution is 5.81. The second-order valence-corrected chi connectivity index (χ2v) is 5.12. The van der Waals surface area contributed by atoms with Gasteiger partial charge in [-0.3, -0.25) is 4.57 Å². The zero-order valence-corrected chi connectivity index (χ0v) is 13.0. The molecule has 2 unspecified atom stereocenters. The first-order valence-corrected chi connectivity index (χ1v) is 6.96. The molecular weight excluding hydrogens is 309 g/mol. The summed E-state index contributed by atoms with van der Waals surface area (Å²) in [5.74, 6) is -0.0325. The summed E-state index contributed by atoms with van der Waals surface area (Å²) in [6.45, 7) is 0.326. The number of aromatic nitrogens is 4. The van der Waals surface area contributed by atoms with Crippen LogP contribution in [0.4, 0.5) is 10.2 Å². The smallest absolute Gasteiger partial charge is 0.312 e. The fourth-order valence-electron chi connectivity index (χ4n) is 2.86. The van der Waals surface area contributed by atoms with Crippen molar-refractivity contribution < 1.29 is 23.3 Å². The first kappa shape index (κ1) is 16.0. The SMILES string of the molecule is COC[C@H]1O[C@@H](n2cnc3c(N)nc(F)nc32)C(OC)C1OC. The zero-order valence-electron chi connectivity index (χ0n) is 13.0. The van der Waals surface area contributed by atoms with Crippen LogP contribution in [-0.4, -0.2) is 65.8 Å². The Bertz CT molecular complexity index is 696. The van der Waals surface area contributed by atoms with E-state index in [0.29, 0.717) is 12.1 Å². The van der Waals surface area contributed by atoms with E-state index in [1.165, 1.54) is 6.33 Å². The van der Waals surface area contributed by atoms with Gasteiger partial charge in [0, 0.05) is 21.3 Å². The summed E-state index contributed by atoms with van der Waals surface area (Å²) in [7, 11) is 4.68. The van der Waals surface area contributed by atoms with E-state index in [1.54, 1.807) is 25.9 Å². The van der Waals surface area contributed by atoms with Gasteiger partial charge in [0.2, 0.25) is 0 Å². The van der Waals surface area contributed by atoms with Crippen LogP contribution in [0.2, 0.25) is 0 Å². The molecule has 23 heavy (non-hydrogen) atoms. The van der Waals surface area contributed by atoms with Crippen molar-refractivity contribution in [2.24, 2.45) is 0 Å². The molecule has 1 saturated heterocycles. The number of anilines is 1. The fraction of sp³-hybridized carbons (Fsp3) is 0.615. The van der Waals surface area contributed by atoms with Crippen LogP contribution in [-0.2, 0) is 18.9 Å². The van der Waals surface area contributed by atoms with Crippen LogP contribution in [0.25, 0.3) is 11.2 Å². The molecule has 9 nitrogen and oxygen atoms in total. The minimum absolute atomic E-state index is 0.0325. The van der Waals surface area contributed by atoms with Crippen molar-refractivity contribution >= 4 is 17.0 Å². The van der Waals surface area contributed by atoms with Gasteiger partial charge < -0.3 is 24.7 Å². The largest absolute Gasteiger partial charge is 0.382 e. The Morgan fingerprint density at radius 1 is 1.26 bits per heavy atom. The topological polar surface area (TPSA) is 107 Å². The number of fused-ring (bicyclic) bond motifs is 1. The van der Waals surface area contributed by atoms with E-state index in [2.05, 4.69) is 15.0 Å². The third-order valence-corrected chi connectivity index (χ3v) is 3.86. The predicted molar refractivity (Wildman–Crippen MR) is 77.1 cm³/mol. The van der Waals surface area contributed by atoms with E-state index in [9.17, 15) is 4.39 Å². The number of hydrogen-bond acceptors (Lipinski definition) is 8. The first-order valence-electron chi connectivity index (χ1n) is 6.96. The molecular formula is C13H18FN5O4. The molecule has 1 aliphatic rings. The van der Waals surface area contributed by atoms with Crippen LogP contribution < -0.4 is 5.73 Å². The summed E-state index contributed by atoms with van der Waals surface area (Å²) in [5, 5.41) is 0. The van der Waals surface area contributed by atoms with Gasteiger partial charge in [-0.2, -0.15) is 14.4 Å². The van der Waals surface area contributed by atoms with Gasteiger partial charge in [0.1, 0.15) is 18.3 Å². The number of ether oxygens (including phenoxy) is 4. The molecule has 3 rings (SSSR count). The lowest BCUT2D eigenvalue weighted by Crippen LogP contribution is -2.36. The van der Waals surface area contributed by atoms with Crippen molar-refractivity contribution in [3.05, 3.63) is 12.4 Å². The van der Waals surface area contributed by atoms with Crippen LogP contribution in [0.15, 0.2) is 6.33 Å². The summed E-state index contributed by atoms with van der Waals surface area (Å²) in [4.78, 5) is 11.4. The van der Waals surface area contributed by atoms with Crippen LogP contribution in [0.1, 0.15) is 6.23 Å². The van der Waals surface area contributed by atoms with Gasteiger partial charge in [0.15, 0.2) is 23.2 Å². The maximum Gasteiger partial charge on any atom is 0.312 e. The molecule has 0 aliphatic carbocycles. The highest BCUT2D eigenvalue weighted by Gasteiger charge is 2.46. The van der Waals surface area contributed by atoms with Gasteiger partial charge in [0.05, 0.1) is 12.9 Å². The van der Waals surface area contributed by atoms with E-state index in [1.807, 2.05) is 0 Å². The standard InChI is InChI=1S/C13H18FN5O4/c1-20-4-6-8(21-2)9(22-3)12(23-6)19-5-16-7-10(15)17-13(14)18-11(7)19/h5-6,8-9,12H,4H2,1-3H3,(H2,15,17,18)/t6-,8?,9?,12-/m1/s1. The second-order valence-electron chi connectivity index (χ2n) is 5.12. The van der Waals surface area contributed by atoms with Crippen LogP contribution in [0.5, 0.6) is 0 Å². The van der Waals surface area contributed by atoms with E-state index in [4.69, 9.17) is 24.7 Å². The van der Waals surface area contributed by atoms with Crippen LogP contribution in [0, 0.1) is 6.08 Å². The van der Waals surface area contributed by atoms with Crippen LogP contribution in [0.3, 0.4) is 0 Å². The normalized spacial score (nSPS) is 27.8. The minimum Gasteiger partial charge on any atom is -0.382 e. The van der Waals surface area contributed by atoms with Crippen LogP contribution >= 0.6 is 0 Å². The Morgan fingerprint density at radius 2 is 2.00 bits per heavy atom. The van der Waals surface area contributed by atoms with Gasteiger partial charge in [-0.1, -0.05) is 0 Å². The zero-order chi connectivity index (χ0) is 16.6. The third-order valence-electron chi connectivity index (χ3n) is 3.86. The van der Waals surface area contributed by atoms with Gasteiger partial charge in [-0.05, 0) is 0 Å². The lowest BCUT2D eigenvalue weighted by molar-refractivity contribution is -0.0637. The van der Waals surface area contributed by atoms with Gasteiger partial charge in [-0.15, -0.1) is 0 Å². The Morgan fingerprint density at radius 3 is 2.65 bits per heavy atom. The molecule has 4 atom stereocenters. The lowest BCUT2D eigenvalue weighted by Gasteiger charge is -2.21. The lowest BCUT2D eigenvalue weighted by atomic mass is 10.1. The maximum atomic E-state index is 13.5. The molecule has 0 bridgehead atoms. The fourth-order valence-corrected chi connectivity index (χ4v) is 2.86. The average molecular weight is 327 g/mol. The summed E-state index contributed by atoms with van der Waals surface area (Å²) in [6.07, 6.45) is -1.22. The number of rotatable bonds is 5. The summed E-state index contributed by atoms with van der Waals surface area (Å²) < 4.78 is 37.2. The van der Waals surface area contributed by atoms with Crippen molar-refractivity contribution in [2.45, 2.75) is 24.5 Å². The molecule has 0 radical (unpaired) electrons. The molecule has 0 spiro atoms. The van der Waals surface area contributed by atoms with Crippen molar-refractivity contribution in [1.82, 2.24) is 19.5 Å². The molecule has 1 aliphatic heterocycles. The Balaban J connectivity index is 2.03. The molecule has 2 aromatic heterocycles. The minimum atomic E-state index is -0.930. The molecule has 10 heteroatoms. The van der Waals surface area contributed by atoms with Gasteiger partial charge in [0.25, 0.3) is 0 Å². The second kappa shape index (κ2) is 6.32. The molecule has 2 N–H and O–H groups in total. The summed E-state index contributed by atoms with van der Waals surface area (Å²) in [5.41, 5.74) is 6.21. The monoisotopic (exact) mass is 327 g/mol. The average Bonchev–Trinajstić information content (AvgIpc) is 3.08. The predicted octanol–water partition coefficient (Wildman–Crippen LogP) is 0.121. The molecule has 0 aromatic carbocycles.